The molecule has 1 amide bonds. The van der Waals surface area contributed by atoms with Crippen LogP contribution in [0.4, 0.5) is 57.1 Å². The molecule has 1 atom stereocenters. The zero-order valence-electron chi connectivity index (χ0n) is 45.8. The first kappa shape index (κ1) is 67.6. The van der Waals surface area contributed by atoms with Gasteiger partial charge in [-0.15, -0.1) is 0 Å². The van der Waals surface area contributed by atoms with E-state index in [-0.39, 0.29) is 35.5 Å². The zero-order chi connectivity index (χ0) is 63.3. The van der Waals surface area contributed by atoms with Gasteiger partial charge in [0.2, 0.25) is 0 Å². The largest absolute Gasteiger partial charge is 0.490 e. The Morgan fingerprint density at radius 3 is 1.16 bits per heavy atom. The molecule has 3 heterocycles. The number of carbonyl (C=O) groups excluding carboxylic acids is 1. The second kappa shape index (κ2) is 26.4. The number of halogens is 13. The summed E-state index contributed by atoms with van der Waals surface area (Å²) in [6.45, 7) is 2.27. The Bertz CT molecular complexity index is 3190. The molecule has 14 nitrogen and oxygen atoms in total. The molecule has 0 bridgehead atoms. The van der Waals surface area contributed by atoms with Crippen LogP contribution in [-0.2, 0) is 56.5 Å². The fourth-order valence-corrected chi connectivity index (χ4v) is 14.2. The lowest BCUT2D eigenvalue weighted by atomic mass is 9.94. The average Bonchev–Trinajstić information content (AvgIpc) is 0.859. The standard InChI is InChI=1S/C30H35F5N2O5S.C25H26F5NO4S.C2HF3O2/c31-29(32,30(33,34)35)15-14-21-4-6-22(7-5-21)23-8-12-25(13-9-23)43(39,40)28(16-18-37(19-17-28)24-10-11-24)27(38)36-42-26-3-1-2-20-41-26;26-24(27,25(28,29)30)12-11-17-1-3-18(4-2-17)19-5-9-21(10-6-19)36(34,35)23(22(32)33)13-15-31(16-14-23)20-7-8-20;3-2(4,5)1(6)7/h4-9,12-13,24,26H,1-3,10-11,14-20H2,(H,36,38);1-6,9-10,20H,7-8,11-16H2,(H,32,33);(H,6,7). The van der Waals surface area contributed by atoms with Crippen molar-refractivity contribution >= 4 is 37.5 Å². The van der Waals surface area contributed by atoms with Gasteiger partial charge in [-0.05, 0) is 135 Å². The number of nitrogens with zero attached hydrogens (tertiary/aromatic N) is 2. The predicted octanol–water partition coefficient (Wildman–Crippen LogP) is 11.8. The van der Waals surface area contributed by atoms with Crippen LogP contribution in [0, 0.1) is 0 Å². The third kappa shape index (κ3) is 15.9. The molecule has 474 valence electrons. The van der Waals surface area contributed by atoms with Gasteiger partial charge >= 0.3 is 42.3 Å². The molecule has 86 heavy (non-hydrogen) atoms. The van der Waals surface area contributed by atoms with Crippen molar-refractivity contribution in [1.29, 1.82) is 0 Å². The van der Waals surface area contributed by atoms with Crippen molar-refractivity contribution in [3.8, 4) is 22.3 Å². The van der Waals surface area contributed by atoms with Gasteiger partial charge in [-0.3, -0.25) is 9.59 Å². The predicted molar refractivity (Wildman–Crippen MR) is 284 cm³/mol. The Kier molecular flexibility index (Phi) is 20.8. The highest BCUT2D eigenvalue weighted by molar-refractivity contribution is 7.94. The number of piperidine rings is 2. The van der Waals surface area contributed by atoms with Crippen LogP contribution >= 0.6 is 0 Å². The molecule has 3 saturated heterocycles. The number of nitrogens with one attached hydrogen (secondary N) is 1. The number of rotatable bonds is 18. The number of amides is 1. The Balaban J connectivity index is 0.000000224. The number of carboxylic acids is 2. The fraction of sp³-hybridized carbons (Fsp3) is 0.526. The number of ether oxygens (including phenoxy) is 1. The van der Waals surface area contributed by atoms with E-state index in [0.717, 1.165) is 38.5 Å². The first-order chi connectivity index (χ1) is 40.0. The van der Waals surface area contributed by atoms with Gasteiger partial charge < -0.3 is 24.7 Å². The second-order valence-corrected chi connectivity index (χ2v) is 26.3. The number of hydrogen-bond acceptors (Lipinski definition) is 11. The number of hydroxylamine groups is 1. The lowest BCUT2D eigenvalue weighted by Gasteiger charge is -2.40. The molecule has 3 aliphatic heterocycles. The van der Waals surface area contributed by atoms with Gasteiger partial charge in [-0.2, -0.15) is 57.1 Å². The molecule has 5 aliphatic rings. The molecular weight excluding hydrogens is 1210 g/mol. The van der Waals surface area contributed by atoms with Crippen molar-refractivity contribution < 1.29 is 108 Å². The SMILES string of the molecule is O=C(NOC1CCCCO1)C1(S(=O)(=O)c2ccc(-c3ccc(CCC(F)(F)C(F)(F)F)cc3)cc2)CCN(C2CC2)CC1.O=C(O)C(F)(F)F.O=C(O)C1(S(=O)(=O)c2ccc(-c3ccc(CCC(F)(F)C(F)(F)F)cc3)cc2)CCN(C2CC2)CC1. The quantitative estimate of drug-likeness (QED) is 0.0629. The summed E-state index contributed by atoms with van der Waals surface area (Å²) in [5.74, 6) is -14.4. The van der Waals surface area contributed by atoms with Crippen molar-refractivity contribution in [3.63, 3.8) is 0 Å². The monoisotopic (exact) mass is 1280 g/mol. The molecule has 2 saturated carbocycles. The minimum atomic E-state index is -5.60. The number of carboxylic acid groups (broad SMARTS) is 2. The molecule has 2 aliphatic carbocycles. The van der Waals surface area contributed by atoms with Crippen LogP contribution in [0.2, 0.25) is 0 Å². The summed E-state index contributed by atoms with van der Waals surface area (Å²) >= 11 is 0. The number of carbonyl (C=O) groups is 3. The van der Waals surface area contributed by atoms with E-state index in [4.69, 9.17) is 19.5 Å². The lowest BCUT2D eigenvalue weighted by Crippen LogP contribution is -2.58. The molecule has 0 radical (unpaired) electrons. The maximum Gasteiger partial charge on any atom is 0.490 e. The van der Waals surface area contributed by atoms with Gasteiger partial charge in [-0.1, -0.05) is 72.8 Å². The lowest BCUT2D eigenvalue weighted by molar-refractivity contribution is -0.284. The van der Waals surface area contributed by atoms with Crippen molar-refractivity contribution in [2.24, 2.45) is 0 Å². The number of likely N-dealkylation sites (tertiary alicyclic amines) is 2. The molecule has 0 aromatic heterocycles. The van der Waals surface area contributed by atoms with Crippen LogP contribution in [0.15, 0.2) is 107 Å². The van der Waals surface area contributed by atoms with Gasteiger partial charge in [0.05, 0.1) is 9.79 Å². The highest BCUT2D eigenvalue weighted by Crippen LogP contribution is 2.44. The Morgan fingerprint density at radius 1 is 0.523 bits per heavy atom. The van der Waals surface area contributed by atoms with Gasteiger partial charge in [0.25, 0.3) is 5.91 Å². The fourth-order valence-electron chi connectivity index (χ4n) is 10.3. The summed E-state index contributed by atoms with van der Waals surface area (Å²) in [6.07, 6.45) is -13.7. The number of sulfone groups is 2. The Hall–Kier alpha value is -5.88. The number of hydrogen-bond donors (Lipinski definition) is 3. The van der Waals surface area contributed by atoms with E-state index in [9.17, 15) is 88.6 Å². The summed E-state index contributed by atoms with van der Waals surface area (Å²) in [4.78, 5) is 44.4. The van der Waals surface area contributed by atoms with Crippen LogP contribution in [0.3, 0.4) is 0 Å². The van der Waals surface area contributed by atoms with Crippen LogP contribution in [0.1, 0.15) is 94.6 Å². The molecule has 4 aromatic rings. The molecule has 4 aromatic carbocycles. The van der Waals surface area contributed by atoms with Gasteiger partial charge in [0.15, 0.2) is 35.5 Å². The van der Waals surface area contributed by atoms with E-state index in [1.54, 1.807) is 36.4 Å². The van der Waals surface area contributed by atoms with E-state index in [0.29, 0.717) is 84.7 Å². The maximum absolute atomic E-state index is 14.1. The van der Waals surface area contributed by atoms with Gasteiger partial charge in [0.1, 0.15) is 0 Å². The smallest absolute Gasteiger partial charge is 0.480 e. The van der Waals surface area contributed by atoms with Crippen LogP contribution in [0.25, 0.3) is 22.3 Å². The third-order valence-corrected chi connectivity index (χ3v) is 21.0. The molecule has 5 fully saturated rings. The third-order valence-electron chi connectivity index (χ3n) is 16.0. The summed E-state index contributed by atoms with van der Waals surface area (Å²) < 4.78 is 216. The average molecular weight is 1280 g/mol. The summed E-state index contributed by atoms with van der Waals surface area (Å²) in [7, 11) is -8.35. The first-order valence-corrected chi connectivity index (χ1v) is 30.4. The van der Waals surface area contributed by atoms with Crippen LogP contribution in [-0.4, -0.2) is 146 Å². The van der Waals surface area contributed by atoms with E-state index in [2.05, 4.69) is 15.3 Å². The van der Waals surface area contributed by atoms with Crippen molar-refractivity contribution in [1.82, 2.24) is 15.3 Å². The van der Waals surface area contributed by atoms with E-state index >= 15 is 0 Å². The number of benzene rings is 4. The van der Waals surface area contributed by atoms with Crippen molar-refractivity contribution in [2.45, 2.75) is 164 Å². The number of aliphatic carboxylic acids is 2. The Labute approximate surface area is 486 Å². The molecule has 3 N–H and O–H groups in total. The molecule has 1 unspecified atom stereocenters. The van der Waals surface area contributed by atoms with E-state index < -0.39 is 109 Å². The summed E-state index contributed by atoms with van der Waals surface area (Å²) in [5, 5.41) is 17.0. The van der Waals surface area contributed by atoms with Crippen molar-refractivity contribution in [3.05, 3.63) is 108 Å². The van der Waals surface area contributed by atoms with Gasteiger partial charge in [0, 0.05) is 64.1 Å². The minimum absolute atomic E-state index is 0.0117. The topological polar surface area (TPSA) is 197 Å². The maximum atomic E-state index is 14.1. The highest BCUT2D eigenvalue weighted by atomic mass is 32.2. The van der Waals surface area contributed by atoms with Crippen molar-refractivity contribution in [2.75, 3.05) is 32.8 Å². The highest BCUT2D eigenvalue weighted by Gasteiger charge is 2.59. The normalized spacial score (nSPS) is 19.9. The zero-order valence-corrected chi connectivity index (χ0v) is 47.4. The molecule has 9 rings (SSSR count). The molecule has 29 heteroatoms. The number of alkyl halides is 13. The van der Waals surface area contributed by atoms with Crippen LogP contribution in [0.5, 0.6) is 0 Å². The van der Waals surface area contributed by atoms with Crippen LogP contribution < -0.4 is 5.48 Å². The minimum Gasteiger partial charge on any atom is -0.480 e. The van der Waals surface area contributed by atoms with E-state index in [1.807, 2.05) is 0 Å². The number of aryl methyl sites for hydroxylation is 2. The second-order valence-electron chi connectivity index (χ2n) is 21.8. The molecule has 0 spiro atoms. The van der Waals surface area contributed by atoms with Gasteiger partial charge in [-0.25, -0.2) is 31.9 Å². The summed E-state index contributed by atoms with van der Waals surface area (Å²) in [5.41, 5.74) is 5.47. The molecular formula is C57H62F13N3O11S2. The summed E-state index contributed by atoms with van der Waals surface area (Å²) in [6, 6.07) is 24.7. The van der Waals surface area contributed by atoms with E-state index in [1.165, 1.54) is 60.7 Å². The Morgan fingerprint density at radius 2 is 0.860 bits per heavy atom. The first-order valence-electron chi connectivity index (χ1n) is 27.4.